The summed E-state index contributed by atoms with van der Waals surface area (Å²) < 4.78 is 0. The molecule has 0 heterocycles. The van der Waals surface area contributed by atoms with Crippen molar-refractivity contribution < 1.29 is 41.0 Å². The van der Waals surface area contributed by atoms with Gasteiger partial charge in [0.1, 0.15) is 0 Å². The predicted octanol–water partition coefficient (Wildman–Crippen LogP) is 1.42. The molecule has 42 valence electrons. The fourth-order valence-electron chi connectivity index (χ4n) is 0. The van der Waals surface area contributed by atoms with Gasteiger partial charge in [-0.05, 0) is 15.2 Å². The van der Waals surface area contributed by atoms with Gasteiger partial charge in [0.25, 0.3) is 0 Å². The zero-order valence-electron chi connectivity index (χ0n) is 4.36. The zero-order chi connectivity index (χ0) is 4.28. The van der Waals surface area contributed by atoms with Gasteiger partial charge in [-0.25, -0.2) is 4.79 Å². The fraction of sp³-hybridized carbons (Fsp3) is 0.333. The Morgan fingerprint density at radius 2 is 1.86 bits per heavy atom. The van der Waals surface area contributed by atoms with E-state index >= 15 is 0 Å². The van der Waals surface area contributed by atoms with E-state index in [0.29, 0.717) is 0 Å². The Bertz CT molecular complexity index is 48.2. The summed E-state index contributed by atoms with van der Waals surface area (Å²) in [5, 5.41) is 7.73. The minimum Gasteiger partial charge on any atom is -0.478 e. The minimum absolute atomic E-state index is 0. The van der Waals surface area contributed by atoms with E-state index in [-0.39, 0.29) is 47.1 Å². The topological polar surface area (TPSA) is 37.3 Å². The smallest absolute Gasteiger partial charge is 0.320 e. The van der Waals surface area contributed by atoms with Gasteiger partial charge in [0.05, 0.1) is 0 Å². The maximum Gasteiger partial charge on any atom is 0.320 e. The van der Waals surface area contributed by atoms with Gasteiger partial charge in [-0.2, -0.15) is 0 Å². The summed E-state index contributed by atoms with van der Waals surface area (Å²) in [7, 11) is 0.0309. The molecule has 0 aromatic heterocycles. The number of carbonyl (C=O) groups is 1. The van der Waals surface area contributed by atoms with Crippen LogP contribution in [0.25, 0.3) is 0 Å². The maximum atomic E-state index is 9.38. The zero-order valence-corrected chi connectivity index (χ0v) is 9.52. The molecule has 0 rings (SSSR count). The van der Waals surface area contributed by atoms with Crippen molar-refractivity contribution >= 4 is 14.3 Å². The number of rotatable bonds is 1. The summed E-state index contributed by atoms with van der Waals surface area (Å²) in [6, 6.07) is 0. The Morgan fingerprint density at radius 3 is 1.86 bits per heavy atom. The van der Waals surface area contributed by atoms with Crippen molar-refractivity contribution in [3.8, 4) is 0 Å². The van der Waals surface area contributed by atoms with E-state index in [1.54, 1.807) is 6.66 Å². The van der Waals surface area contributed by atoms with Gasteiger partial charge >= 0.3 is 5.71 Å². The van der Waals surface area contributed by atoms with Gasteiger partial charge in [0, 0.05) is 31.1 Å². The first-order valence-electron chi connectivity index (χ1n) is 1.18. The van der Waals surface area contributed by atoms with E-state index in [4.69, 9.17) is 5.11 Å². The van der Waals surface area contributed by atoms with Gasteiger partial charge in [-0.15, -0.1) is 0 Å². The quantitative estimate of drug-likeness (QED) is 0.577. The SMILES string of the molecule is CPC(=O)O.[CH3-].[U]. The molecule has 0 fully saturated rings. The van der Waals surface area contributed by atoms with Gasteiger partial charge in [-0.3, -0.25) is 0 Å². The molecule has 0 aromatic rings. The van der Waals surface area contributed by atoms with Crippen LogP contribution in [0.5, 0.6) is 0 Å². The van der Waals surface area contributed by atoms with Crippen molar-refractivity contribution in [1.82, 2.24) is 0 Å². The molecule has 0 aliphatic rings. The van der Waals surface area contributed by atoms with Crippen LogP contribution in [0.2, 0.25) is 0 Å². The van der Waals surface area contributed by atoms with Gasteiger partial charge in [0.15, 0.2) is 0 Å². The molecule has 7 heavy (non-hydrogen) atoms. The standard InChI is InChI=1S/C2H5O2P.CH3.U/c1-5-2(3)4;;/h5H,1H3,(H,3,4);1H3;/q;-1;. The molecule has 1 atom stereocenters. The Kier molecular flexibility index (Phi) is 22.5. The first-order valence-corrected chi connectivity index (χ1v) is 2.68. The first kappa shape index (κ1) is 15.7. The summed E-state index contributed by atoms with van der Waals surface area (Å²) in [5.41, 5.74) is -0.718. The van der Waals surface area contributed by atoms with Crippen LogP contribution < -0.4 is 0 Å². The summed E-state index contributed by atoms with van der Waals surface area (Å²) in [4.78, 5) is 9.38. The maximum absolute atomic E-state index is 9.38. The van der Waals surface area contributed by atoms with E-state index in [9.17, 15) is 4.79 Å². The number of carboxylic acid groups (broad SMARTS) is 1. The third kappa shape index (κ3) is 19.6. The van der Waals surface area contributed by atoms with Crippen LogP contribution in [0.3, 0.4) is 0 Å². The molecular weight excluding hydrogens is 337 g/mol. The van der Waals surface area contributed by atoms with E-state index in [1.807, 2.05) is 0 Å². The summed E-state index contributed by atoms with van der Waals surface area (Å²) in [6.07, 6.45) is 0. The molecule has 0 aliphatic carbocycles. The number of hydrogen-bond acceptors (Lipinski definition) is 1. The third-order valence-electron chi connectivity index (χ3n) is 0.214. The van der Waals surface area contributed by atoms with E-state index < -0.39 is 5.71 Å². The molecule has 0 bridgehead atoms. The molecule has 0 saturated heterocycles. The van der Waals surface area contributed by atoms with Crippen LogP contribution in [-0.2, 0) is 0 Å². The monoisotopic (exact) mass is 345 g/mol. The molecule has 0 spiro atoms. The fourth-order valence-corrected chi connectivity index (χ4v) is 0. The Labute approximate surface area is 69.2 Å². The molecule has 0 aromatic carbocycles. The first-order chi connectivity index (χ1) is 2.27. The van der Waals surface area contributed by atoms with Crippen molar-refractivity contribution in [3.63, 3.8) is 0 Å². The van der Waals surface area contributed by atoms with Crippen molar-refractivity contribution in [1.29, 1.82) is 0 Å². The van der Waals surface area contributed by atoms with Crippen LogP contribution in [0.1, 0.15) is 0 Å². The molecular formula is C3H8O2PU-. The van der Waals surface area contributed by atoms with Crippen molar-refractivity contribution in [2.24, 2.45) is 0 Å². The predicted molar refractivity (Wildman–Crippen MR) is 28.7 cm³/mol. The van der Waals surface area contributed by atoms with E-state index in [2.05, 4.69) is 0 Å². The van der Waals surface area contributed by atoms with Gasteiger partial charge in [-0.1, -0.05) is 0 Å². The van der Waals surface area contributed by atoms with Crippen LogP contribution in [0, 0.1) is 38.5 Å². The van der Waals surface area contributed by atoms with Crippen molar-refractivity contribution in [2.75, 3.05) is 6.66 Å². The Hall–Kier alpha value is 0.952. The van der Waals surface area contributed by atoms with Gasteiger partial charge < -0.3 is 12.5 Å². The minimum atomic E-state index is -0.718. The normalized spacial score (nSPS) is 7.00. The largest absolute Gasteiger partial charge is 0.478 e. The molecule has 0 amide bonds. The van der Waals surface area contributed by atoms with Gasteiger partial charge in [0.2, 0.25) is 0 Å². The van der Waals surface area contributed by atoms with Crippen LogP contribution in [-0.4, -0.2) is 17.5 Å². The number of hydrogen-bond donors (Lipinski definition) is 1. The second kappa shape index (κ2) is 10.0. The average Bonchev–Trinajstić information content (AvgIpc) is 1.38. The third-order valence-corrected chi connectivity index (χ3v) is 0.642. The van der Waals surface area contributed by atoms with Crippen LogP contribution in [0.4, 0.5) is 4.79 Å². The Morgan fingerprint density at radius 1 is 1.71 bits per heavy atom. The molecule has 1 unspecified atom stereocenters. The molecule has 0 aliphatic heterocycles. The molecule has 2 nitrogen and oxygen atoms in total. The summed E-state index contributed by atoms with van der Waals surface area (Å²) in [6.45, 7) is 1.63. The molecule has 0 radical (unpaired) electrons. The Balaban J connectivity index is -0.0000000800. The second-order valence-electron chi connectivity index (χ2n) is 0.555. The van der Waals surface area contributed by atoms with E-state index in [1.165, 1.54) is 0 Å². The van der Waals surface area contributed by atoms with E-state index in [0.717, 1.165) is 0 Å². The van der Waals surface area contributed by atoms with Crippen molar-refractivity contribution in [3.05, 3.63) is 7.43 Å². The van der Waals surface area contributed by atoms with Crippen molar-refractivity contribution in [2.45, 2.75) is 0 Å². The molecule has 0 saturated carbocycles. The van der Waals surface area contributed by atoms with Crippen LogP contribution in [0.15, 0.2) is 0 Å². The second-order valence-corrected chi connectivity index (χ2v) is 1.48. The average molecular weight is 345 g/mol. The summed E-state index contributed by atoms with van der Waals surface area (Å²) >= 11 is 0. The molecule has 1 N–H and O–H groups in total. The van der Waals surface area contributed by atoms with Crippen LogP contribution >= 0.6 is 8.58 Å². The molecule has 4 heteroatoms. The summed E-state index contributed by atoms with van der Waals surface area (Å²) in [5.74, 6) is 0.